The summed E-state index contributed by atoms with van der Waals surface area (Å²) >= 11 is 0. The summed E-state index contributed by atoms with van der Waals surface area (Å²) in [5, 5.41) is 1.11. The molecule has 0 N–H and O–H groups in total. The average Bonchev–Trinajstić information content (AvgIpc) is 3.78. The molecule has 302 valence electrons. The van der Waals surface area contributed by atoms with Crippen molar-refractivity contribution < 1.29 is 4.42 Å². The molecule has 11 aromatic rings. The van der Waals surface area contributed by atoms with Gasteiger partial charge in [-0.3, -0.25) is 0 Å². The molecular formula is C62H43NO. The van der Waals surface area contributed by atoms with E-state index in [-0.39, 0.29) is 0 Å². The Morgan fingerprint density at radius 2 is 0.625 bits per heavy atom. The van der Waals surface area contributed by atoms with E-state index in [0.29, 0.717) is 0 Å². The lowest BCUT2D eigenvalue weighted by atomic mass is 9.89. The van der Waals surface area contributed by atoms with Crippen LogP contribution in [0.1, 0.15) is 0 Å². The van der Waals surface area contributed by atoms with E-state index >= 15 is 0 Å². The van der Waals surface area contributed by atoms with Crippen molar-refractivity contribution in [2.75, 3.05) is 4.90 Å². The minimum Gasteiger partial charge on any atom is -0.455 e. The molecule has 0 aliphatic rings. The van der Waals surface area contributed by atoms with Crippen molar-refractivity contribution in [2.24, 2.45) is 0 Å². The lowest BCUT2D eigenvalue weighted by Crippen LogP contribution is -2.09. The maximum atomic E-state index is 6.60. The predicted molar refractivity (Wildman–Crippen MR) is 269 cm³/mol. The van der Waals surface area contributed by atoms with Crippen molar-refractivity contribution >= 4 is 28.0 Å². The summed E-state index contributed by atoms with van der Waals surface area (Å²) in [6.07, 6.45) is 0. The lowest BCUT2D eigenvalue weighted by molar-refractivity contribution is 0.632. The molecule has 10 aromatic carbocycles. The fourth-order valence-electron chi connectivity index (χ4n) is 9.01. The summed E-state index contributed by atoms with van der Waals surface area (Å²) in [5.41, 5.74) is 19.3. The van der Waals surface area contributed by atoms with Gasteiger partial charge in [-0.25, -0.2) is 0 Å². The van der Waals surface area contributed by atoms with Crippen LogP contribution in [0.4, 0.5) is 17.1 Å². The summed E-state index contributed by atoms with van der Waals surface area (Å²) in [7, 11) is 0. The van der Waals surface area contributed by atoms with Crippen LogP contribution in [0.2, 0.25) is 0 Å². The number of hydrogen-bond donors (Lipinski definition) is 0. The van der Waals surface area contributed by atoms with Crippen LogP contribution in [0.5, 0.6) is 0 Å². The number of para-hydroxylation sites is 1. The predicted octanol–water partition coefficient (Wildman–Crippen LogP) is 17.6. The first kappa shape index (κ1) is 38.5. The van der Waals surface area contributed by atoms with Gasteiger partial charge in [-0.1, -0.05) is 212 Å². The van der Waals surface area contributed by atoms with Crippen molar-refractivity contribution in [3.05, 3.63) is 261 Å². The van der Waals surface area contributed by atoms with Crippen LogP contribution in [0.3, 0.4) is 0 Å². The maximum Gasteiger partial charge on any atom is 0.143 e. The van der Waals surface area contributed by atoms with Gasteiger partial charge in [0.1, 0.15) is 11.3 Å². The van der Waals surface area contributed by atoms with Crippen LogP contribution in [0.15, 0.2) is 265 Å². The third-order valence-electron chi connectivity index (χ3n) is 12.1. The Bertz CT molecular complexity index is 3330. The second-order valence-corrected chi connectivity index (χ2v) is 16.0. The number of hydrogen-bond acceptors (Lipinski definition) is 2. The highest BCUT2D eigenvalue weighted by Crippen LogP contribution is 2.44. The Morgan fingerprint density at radius 3 is 1.19 bits per heavy atom. The summed E-state index contributed by atoms with van der Waals surface area (Å²) in [5.74, 6) is 0.877. The molecule has 0 atom stereocenters. The minimum absolute atomic E-state index is 0.877. The SMILES string of the molecule is c1ccc(-c2ccc(N(c3ccc(-c4cccc(-c5oc6ccccc6c5-c5ccccc5)c4)cc3)c3ccc(-c4ccccc4-c4ccccc4-c4ccccc4)cc3)cc2)cc1. The van der Waals surface area contributed by atoms with Crippen LogP contribution >= 0.6 is 0 Å². The Labute approximate surface area is 374 Å². The van der Waals surface area contributed by atoms with Gasteiger partial charge < -0.3 is 9.32 Å². The average molecular weight is 818 g/mol. The first-order valence-corrected chi connectivity index (χ1v) is 21.8. The van der Waals surface area contributed by atoms with E-state index in [9.17, 15) is 0 Å². The largest absolute Gasteiger partial charge is 0.455 e. The molecule has 1 heterocycles. The van der Waals surface area contributed by atoms with Crippen molar-refractivity contribution in [3.8, 4) is 78.1 Å². The van der Waals surface area contributed by atoms with Crippen molar-refractivity contribution in [1.29, 1.82) is 0 Å². The molecule has 0 amide bonds. The molecule has 11 rings (SSSR count). The second kappa shape index (κ2) is 17.1. The fraction of sp³-hybridized carbons (Fsp3) is 0. The van der Waals surface area contributed by atoms with Crippen LogP contribution in [0, 0.1) is 0 Å². The fourth-order valence-corrected chi connectivity index (χ4v) is 9.01. The summed E-state index contributed by atoms with van der Waals surface area (Å²) < 4.78 is 6.60. The summed E-state index contributed by atoms with van der Waals surface area (Å²) in [6.45, 7) is 0. The van der Waals surface area contributed by atoms with Gasteiger partial charge in [0, 0.05) is 33.6 Å². The number of rotatable bonds is 10. The van der Waals surface area contributed by atoms with Gasteiger partial charge in [0.25, 0.3) is 0 Å². The summed E-state index contributed by atoms with van der Waals surface area (Å²) in [4.78, 5) is 2.34. The highest BCUT2D eigenvalue weighted by atomic mass is 16.3. The number of anilines is 3. The zero-order valence-corrected chi connectivity index (χ0v) is 35.2. The smallest absolute Gasteiger partial charge is 0.143 e. The first-order valence-electron chi connectivity index (χ1n) is 21.8. The topological polar surface area (TPSA) is 16.4 Å². The highest BCUT2D eigenvalue weighted by molar-refractivity contribution is 6.02. The lowest BCUT2D eigenvalue weighted by Gasteiger charge is -2.26. The Kier molecular flexibility index (Phi) is 10.3. The second-order valence-electron chi connectivity index (χ2n) is 16.0. The van der Waals surface area contributed by atoms with Crippen LogP contribution in [-0.2, 0) is 0 Å². The van der Waals surface area contributed by atoms with Gasteiger partial charge >= 0.3 is 0 Å². The van der Waals surface area contributed by atoms with E-state index in [1.54, 1.807) is 0 Å². The molecule has 0 saturated heterocycles. The molecule has 0 radical (unpaired) electrons. The van der Waals surface area contributed by atoms with E-state index in [4.69, 9.17) is 4.42 Å². The molecule has 0 bridgehead atoms. The molecule has 2 nitrogen and oxygen atoms in total. The standard InChI is InChI=1S/C62H43NO/c1-4-17-44(18-5-1)45-31-37-52(38-32-45)63(54-41-35-48(36-42-54)56-26-11-13-28-58(56)57-27-12-10-25-55(57)47-19-6-2-7-20-47)53-39-33-46(34-40-53)50-23-16-24-51(43-50)62-61(49-21-8-3-9-22-49)59-29-14-15-30-60(59)64-62/h1-43H. The third kappa shape index (κ3) is 7.48. The normalized spacial score (nSPS) is 11.1. The molecule has 0 unspecified atom stereocenters. The molecule has 1 aromatic heterocycles. The first-order chi connectivity index (χ1) is 31.7. The molecular weight excluding hydrogens is 775 g/mol. The zero-order chi connectivity index (χ0) is 42.7. The van der Waals surface area contributed by atoms with Crippen molar-refractivity contribution in [2.45, 2.75) is 0 Å². The van der Waals surface area contributed by atoms with Gasteiger partial charge in [-0.15, -0.1) is 0 Å². The molecule has 0 spiro atoms. The maximum absolute atomic E-state index is 6.60. The van der Waals surface area contributed by atoms with Gasteiger partial charge in [0.05, 0.1) is 0 Å². The van der Waals surface area contributed by atoms with E-state index in [1.807, 2.05) is 12.1 Å². The molecule has 0 fully saturated rings. The van der Waals surface area contributed by atoms with E-state index in [0.717, 1.165) is 67.2 Å². The van der Waals surface area contributed by atoms with E-state index in [2.05, 4.69) is 254 Å². The van der Waals surface area contributed by atoms with Crippen LogP contribution in [0.25, 0.3) is 89.1 Å². The van der Waals surface area contributed by atoms with Crippen molar-refractivity contribution in [1.82, 2.24) is 0 Å². The van der Waals surface area contributed by atoms with E-state index < -0.39 is 0 Å². The van der Waals surface area contributed by atoms with Crippen molar-refractivity contribution in [3.63, 3.8) is 0 Å². The Hall–Kier alpha value is -8.46. The molecule has 0 aliphatic heterocycles. The van der Waals surface area contributed by atoms with Gasteiger partial charge in [0.2, 0.25) is 0 Å². The Balaban J connectivity index is 0.957. The number of fused-ring (bicyclic) bond motifs is 1. The molecule has 2 heteroatoms. The van der Waals surface area contributed by atoms with Crippen LogP contribution in [-0.4, -0.2) is 0 Å². The number of nitrogens with zero attached hydrogens (tertiary/aromatic N) is 1. The molecule has 0 aliphatic carbocycles. The highest BCUT2D eigenvalue weighted by Gasteiger charge is 2.19. The van der Waals surface area contributed by atoms with Gasteiger partial charge in [-0.2, -0.15) is 0 Å². The molecule has 64 heavy (non-hydrogen) atoms. The third-order valence-corrected chi connectivity index (χ3v) is 12.1. The quantitative estimate of drug-likeness (QED) is 0.137. The molecule has 0 saturated carbocycles. The van der Waals surface area contributed by atoms with Crippen LogP contribution < -0.4 is 4.90 Å². The van der Waals surface area contributed by atoms with E-state index in [1.165, 1.54) is 38.9 Å². The minimum atomic E-state index is 0.877. The van der Waals surface area contributed by atoms with Gasteiger partial charge in [-0.05, 0) is 110 Å². The zero-order valence-electron chi connectivity index (χ0n) is 35.2. The number of benzene rings is 10. The summed E-state index contributed by atoms with van der Waals surface area (Å²) in [6, 6.07) is 93.0. The van der Waals surface area contributed by atoms with Gasteiger partial charge in [0.15, 0.2) is 0 Å². The Morgan fingerprint density at radius 1 is 0.250 bits per heavy atom. The number of furan rings is 1. The monoisotopic (exact) mass is 817 g/mol.